The minimum atomic E-state index is -0.0755. The number of rotatable bonds is 2. The summed E-state index contributed by atoms with van der Waals surface area (Å²) in [6, 6.07) is 2.26. The third-order valence-electron chi connectivity index (χ3n) is 3.39. The van der Waals surface area contributed by atoms with Crippen LogP contribution in [0.15, 0.2) is 23.3 Å². The van der Waals surface area contributed by atoms with Crippen molar-refractivity contribution >= 4 is 5.95 Å². The Morgan fingerprint density at radius 1 is 1.30 bits per heavy atom. The Labute approximate surface area is 116 Å². The summed E-state index contributed by atoms with van der Waals surface area (Å²) in [4.78, 5) is 21.2. The Hall–Kier alpha value is -2.15. The quantitative estimate of drug-likeness (QED) is 0.735. The number of aromatic amines is 2. The van der Waals surface area contributed by atoms with Crippen LogP contribution in [-0.4, -0.2) is 45.3 Å². The van der Waals surface area contributed by atoms with E-state index in [4.69, 9.17) is 0 Å². The summed E-state index contributed by atoms with van der Waals surface area (Å²) in [7, 11) is 0. The molecule has 1 saturated heterocycles. The third-order valence-corrected chi connectivity index (χ3v) is 3.39. The van der Waals surface area contributed by atoms with E-state index >= 15 is 0 Å². The van der Waals surface area contributed by atoms with E-state index in [1.807, 2.05) is 0 Å². The van der Waals surface area contributed by atoms with E-state index in [0.29, 0.717) is 29.4 Å². The van der Waals surface area contributed by atoms with Crippen LogP contribution in [0.5, 0.6) is 0 Å². The standard InChI is InChI=1S/C13H18N6O/c1-8-6-19(7-9(2)15-8)13-16-12(17-18-13)10-5-14-4-3-11(10)20/h3-5,8-9,15H,6-7H2,1-2H3,(H,14,20)(H,16,17,18). The lowest BCUT2D eigenvalue weighted by Crippen LogP contribution is -2.54. The second kappa shape index (κ2) is 5.09. The highest BCUT2D eigenvalue weighted by atomic mass is 16.1. The Morgan fingerprint density at radius 2 is 2.05 bits per heavy atom. The Morgan fingerprint density at radius 3 is 2.75 bits per heavy atom. The van der Waals surface area contributed by atoms with Crippen molar-refractivity contribution in [1.29, 1.82) is 0 Å². The van der Waals surface area contributed by atoms with Gasteiger partial charge < -0.3 is 15.2 Å². The van der Waals surface area contributed by atoms with E-state index < -0.39 is 0 Å². The molecule has 7 heteroatoms. The summed E-state index contributed by atoms with van der Waals surface area (Å²) < 4.78 is 0. The van der Waals surface area contributed by atoms with Crippen LogP contribution >= 0.6 is 0 Å². The molecule has 2 atom stereocenters. The van der Waals surface area contributed by atoms with E-state index in [1.54, 1.807) is 12.4 Å². The minimum absolute atomic E-state index is 0.0755. The molecule has 3 N–H and O–H groups in total. The van der Waals surface area contributed by atoms with Gasteiger partial charge in [-0.05, 0) is 13.8 Å². The van der Waals surface area contributed by atoms with Crippen LogP contribution in [0, 0.1) is 0 Å². The number of nitrogens with one attached hydrogen (secondary N) is 3. The largest absolute Gasteiger partial charge is 0.367 e. The Balaban J connectivity index is 1.87. The maximum atomic E-state index is 11.8. The molecule has 7 nitrogen and oxygen atoms in total. The predicted octanol–water partition coefficient (Wildman–Crippen LogP) is 0.347. The molecular weight excluding hydrogens is 256 g/mol. The number of pyridine rings is 1. The number of hydrogen-bond acceptors (Lipinski definition) is 5. The molecule has 1 fully saturated rings. The number of hydrogen-bond donors (Lipinski definition) is 3. The molecule has 0 spiro atoms. The Bertz CT molecular complexity index is 638. The topological polar surface area (TPSA) is 89.7 Å². The zero-order valence-electron chi connectivity index (χ0n) is 11.6. The lowest BCUT2D eigenvalue weighted by molar-refractivity contribution is 0.403. The summed E-state index contributed by atoms with van der Waals surface area (Å²) >= 11 is 0. The molecule has 0 amide bonds. The lowest BCUT2D eigenvalue weighted by Gasteiger charge is -2.35. The number of aromatic nitrogens is 4. The fraction of sp³-hybridized carbons (Fsp3) is 0.462. The van der Waals surface area contributed by atoms with Gasteiger partial charge in [0, 0.05) is 43.6 Å². The molecule has 2 unspecified atom stereocenters. The van der Waals surface area contributed by atoms with E-state index in [1.165, 1.54) is 6.07 Å². The smallest absolute Gasteiger partial charge is 0.245 e. The van der Waals surface area contributed by atoms with Crippen molar-refractivity contribution in [2.75, 3.05) is 18.0 Å². The molecule has 2 aromatic rings. The first-order valence-electron chi connectivity index (χ1n) is 6.74. The van der Waals surface area contributed by atoms with E-state index in [9.17, 15) is 4.79 Å². The third kappa shape index (κ3) is 2.44. The van der Waals surface area contributed by atoms with Crippen LogP contribution in [0.4, 0.5) is 5.95 Å². The van der Waals surface area contributed by atoms with E-state index in [-0.39, 0.29) is 5.43 Å². The molecule has 3 heterocycles. The first-order chi connectivity index (χ1) is 9.63. The minimum Gasteiger partial charge on any atom is -0.367 e. The van der Waals surface area contributed by atoms with Crippen LogP contribution in [0.1, 0.15) is 13.8 Å². The van der Waals surface area contributed by atoms with Gasteiger partial charge in [-0.25, -0.2) is 0 Å². The molecule has 2 aromatic heterocycles. The highest BCUT2D eigenvalue weighted by molar-refractivity contribution is 5.54. The van der Waals surface area contributed by atoms with Gasteiger partial charge in [-0.15, -0.1) is 5.10 Å². The van der Waals surface area contributed by atoms with Crippen molar-refractivity contribution < 1.29 is 0 Å². The van der Waals surface area contributed by atoms with Crippen LogP contribution < -0.4 is 15.6 Å². The fourth-order valence-corrected chi connectivity index (χ4v) is 2.61. The summed E-state index contributed by atoms with van der Waals surface area (Å²) in [6.45, 7) is 5.98. The van der Waals surface area contributed by atoms with Gasteiger partial charge in [0.25, 0.3) is 0 Å². The van der Waals surface area contributed by atoms with Crippen LogP contribution in [-0.2, 0) is 0 Å². The lowest BCUT2D eigenvalue weighted by atomic mass is 10.1. The van der Waals surface area contributed by atoms with Gasteiger partial charge in [0.05, 0.1) is 5.56 Å². The van der Waals surface area contributed by atoms with Gasteiger partial charge in [0.15, 0.2) is 11.3 Å². The SMILES string of the molecule is CC1CN(c2n[nH]c(-c3c[nH]ccc3=O)n2)CC(C)N1. The molecule has 1 aliphatic rings. The van der Waals surface area contributed by atoms with Gasteiger partial charge in [-0.1, -0.05) is 0 Å². The van der Waals surface area contributed by atoms with Gasteiger partial charge in [0.2, 0.25) is 5.95 Å². The first kappa shape index (κ1) is 12.9. The van der Waals surface area contributed by atoms with Gasteiger partial charge in [0.1, 0.15) is 0 Å². The number of piperazine rings is 1. The summed E-state index contributed by atoms with van der Waals surface area (Å²) in [5.41, 5.74) is 0.427. The zero-order chi connectivity index (χ0) is 14.1. The van der Waals surface area contributed by atoms with Gasteiger partial charge in [-0.3, -0.25) is 9.89 Å². The molecule has 3 rings (SSSR count). The zero-order valence-corrected chi connectivity index (χ0v) is 11.6. The van der Waals surface area contributed by atoms with Crippen molar-refractivity contribution in [3.05, 3.63) is 28.7 Å². The van der Waals surface area contributed by atoms with Gasteiger partial charge in [-0.2, -0.15) is 4.98 Å². The summed E-state index contributed by atoms with van der Waals surface area (Å²) in [5, 5.41) is 10.5. The monoisotopic (exact) mass is 274 g/mol. The molecule has 0 saturated carbocycles. The second-order valence-corrected chi connectivity index (χ2v) is 5.28. The Kier molecular flexibility index (Phi) is 3.27. The second-order valence-electron chi connectivity index (χ2n) is 5.28. The van der Waals surface area contributed by atoms with Crippen molar-refractivity contribution in [2.24, 2.45) is 0 Å². The molecule has 1 aliphatic heterocycles. The molecule has 20 heavy (non-hydrogen) atoms. The van der Waals surface area contributed by atoms with Gasteiger partial charge >= 0.3 is 0 Å². The molecule has 0 aliphatic carbocycles. The molecule has 106 valence electrons. The van der Waals surface area contributed by atoms with Crippen LogP contribution in [0.3, 0.4) is 0 Å². The molecular formula is C13H18N6O. The number of H-pyrrole nitrogens is 2. The van der Waals surface area contributed by atoms with Crippen LogP contribution in [0.2, 0.25) is 0 Å². The van der Waals surface area contributed by atoms with Crippen molar-refractivity contribution in [1.82, 2.24) is 25.5 Å². The fourth-order valence-electron chi connectivity index (χ4n) is 2.61. The summed E-state index contributed by atoms with van der Waals surface area (Å²) in [6.07, 6.45) is 3.23. The normalized spacial score (nSPS) is 23.0. The first-order valence-corrected chi connectivity index (χ1v) is 6.74. The highest BCUT2D eigenvalue weighted by Crippen LogP contribution is 2.16. The predicted molar refractivity (Wildman–Crippen MR) is 76.7 cm³/mol. The molecule has 0 aromatic carbocycles. The van der Waals surface area contributed by atoms with Crippen molar-refractivity contribution in [2.45, 2.75) is 25.9 Å². The molecule has 0 radical (unpaired) electrons. The highest BCUT2D eigenvalue weighted by Gasteiger charge is 2.24. The van der Waals surface area contributed by atoms with E-state index in [0.717, 1.165) is 13.1 Å². The number of anilines is 1. The van der Waals surface area contributed by atoms with E-state index in [2.05, 4.69) is 44.2 Å². The molecule has 0 bridgehead atoms. The average molecular weight is 274 g/mol. The van der Waals surface area contributed by atoms with Crippen LogP contribution in [0.25, 0.3) is 11.4 Å². The maximum Gasteiger partial charge on any atom is 0.245 e. The summed E-state index contributed by atoms with van der Waals surface area (Å²) in [5.74, 6) is 1.14. The maximum absolute atomic E-state index is 11.8. The average Bonchev–Trinajstić information content (AvgIpc) is 2.87. The van der Waals surface area contributed by atoms with Crippen molar-refractivity contribution in [3.8, 4) is 11.4 Å². The number of nitrogens with zero attached hydrogens (tertiary/aromatic N) is 3. The van der Waals surface area contributed by atoms with Crippen molar-refractivity contribution in [3.63, 3.8) is 0 Å².